The van der Waals surface area contributed by atoms with Crippen LogP contribution in [0.15, 0.2) is 47.4 Å². The molecule has 0 amide bonds. The Morgan fingerprint density at radius 2 is 1.90 bits per heavy atom. The van der Waals surface area contributed by atoms with Gasteiger partial charge in [0, 0.05) is 11.6 Å². The van der Waals surface area contributed by atoms with Crippen molar-refractivity contribution in [3.63, 3.8) is 0 Å². The number of anilines is 1. The molecule has 0 aromatic heterocycles. The largest absolute Gasteiger partial charge is 0.316 e. The highest BCUT2D eigenvalue weighted by atomic mass is 35.5. The lowest BCUT2D eigenvalue weighted by Gasteiger charge is -2.10. The molecule has 0 fully saturated rings. The first-order valence-electron chi connectivity index (χ1n) is 6.14. The third-order valence-corrected chi connectivity index (χ3v) is 4.54. The second kappa shape index (κ2) is 6.43. The molecule has 0 unspecified atom stereocenters. The number of halogens is 2. The Morgan fingerprint density at radius 3 is 2.52 bits per heavy atom. The van der Waals surface area contributed by atoms with Gasteiger partial charge in [0.1, 0.15) is 5.82 Å². The Morgan fingerprint density at radius 1 is 1.19 bits per heavy atom. The zero-order valence-corrected chi connectivity index (χ0v) is 12.8. The Labute approximate surface area is 128 Å². The lowest BCUT2D eigenvalue weighted by molar-refractivity contribution is 0.598. The van der Waals surface area contributed by atoms with Crippen molar-refractivity contribution in [1.29, 1.82) is 0 Å². The van der Waals surface area contributed by atoms with E-state index in [1.165, 1.54) is 30.3 Å². The first-order valence-corrected chi connectivity index (χ1v) is 8.00. The van der Waals surface area contributed by atoms with E-state index in [-0.39, 0.29) is 10.6 Å². The number of nitrogens with one attached hydrogen (secondary N) is 2. The molecule has 0 spiro atoms. The van der Waals surface area contributed by atoms with Gasteiger partial charge in [-0.1, -0.05) is 29.8 Å². The highest BCUT2D eigenvalue weighted by Gasteiger charge is 2.17. The average Bonchev–Trinajstić information content (AvgIpc) is 2.43. The average molecular weight is 329 g/mol. The van der Waals surface area contributed by atoms with Crippen LogP contribution in [0.5, 0.6) is 0 Å². The highest BCUT2D eigenvalue weighted by Crippen LogP contribution is 2.23. The van der Waals surface area contributed by atoms with Crippen molar-refractivity contribution in [3.05, 3.63) is 58.9 Å². The van der Waals surface area contributed by atoms with E-state index in [1.807, 2.05) is 0 Å². The lowest BCUT2D eigenvalue weighted by Crippen LogP contribution is -2.14. The van der Waals surface area contributed by atoms with Crippen molar-refractivity contribution in [2.45, 2.75) is 11.4 Å². The molecule has 0 aliphatic heterocycles. The fourth-order valence-electron chi connectivity index (χ4n) is 1.78. The van der Waals surface area contributed by atoms with Crippen LogP contribution in [0.4, 0.5) is 10.1 Å². The molecule has 112 valence electrons. The fraction of sp³-hybridized carbons (Fsp3) is 0.143. The molecule has 0 saturated heterocycles. The summed E-state index contributed by atoms with van der Waals surface area (Å²) in [5.41, 5.74) is 0.678. The summed E-state index contributed by atoms with van der Waals surface area (Å²) in [6, 6.07) is 9.96. The standard InChI is InChI=1S/C14H14ClFN2O2S/c1-17-9-10-6-7-11(8-12(10)15)21(19,20)18-14-5-3-2-4-13(14)16/h2-8,17-18H,9H2,1H3. The van der Waals surface area contributed by atoms with E-state index in [2.05, 4.69) is 10.0 Å². The van der Waals surface area contributed by atoms with Crippen molar-refractivity contribution in [3.8, 4) is 0 Å². The van der Waals surface area contributed by atoms with Crippen molar-refractivity contribution in [2.75, 3.05) is 11.8 Å². The Hall–Kier alpha value is -1.63. The molecule has 2 aromatic rings. The van der Waals surface area contributed by atoms with Gasteiger partial charge in [-0.2, -0.15) is 0 Å². The van der Waals surface area contributed by atoms with Crippen LogP contribution in [0, 0.1) is 5.82 Å². The van der Waals surface area contributed by atoms with Crippen LogP contribution < -0.4 is 10.0 Å². The summed E-state index contributed by atoms with van der Waals surface area (Å²) >= 11 is 6.04. The molecule has 0 atom stereocenters. The number of para-hydroxylation sites is 1. The number of hydrogen-bond acceptors (Lipinski definition) is 3. The molecule has 21 heavy (non-hydrogen) atoms. The van der Waals surface area contributed by atoms with Gasteiger partial charge in [0.25, 0.3) is 10.0 Å². The van der Waals surface area contributed by atoms with Gasteiger partial charge in [0.05, 0.1) is 10.6 Å². The number of hydrogen-bond donors (Lipinski definition) is 2. The van der Waals surface area contributed by atoms with E-state index in [0.29, 0.717) is 11.6 Å². The second-order valence-corrected chi connectivity index (χ2v) is 6.46. The van der Waals surface area contributed by atoms with Crippen molar-refractivity contribution in [2.24, 2.45) is 0 Å². The molecule has 0 bridgehead atoms. The minimum Gasteiger partial charge on any atom is -0.316 e. The van der Waals surface area contributed by atoms with Crippen molar-refractivity contribution < 1.29 is 12.8 Å². The molecule has 2 aromatic carbocycles. The van der Waals surface area contributed by atoms with Crippen LogP contribution in [-0.4, -0.2) is 15.5 Å². The zero-order valence-electron chi connectivity index (χ0n) is 11.2. The fourth-order valence-corrected chi connectivity index (χ4v) is 3.18. The smallest absolute Gasteiger partial charge is 0.262 e. The van der Waals surface area contributed by atoms with Gasteiger partial charge < -0.3 is 5.32 Å². The molecule has 0 radical (unpaired) electrons. The van der Waals surface area contributed by atoms with Crippen LogP contribution in [0.3, 0.4) is 0 Å². The maximum absolute atomic E-state index is 13.5. The van der Waals surface area contributed by atoms with Gasteiger partial charge in [0.2, 0.25) is 0 Å². The van der Waals surface area contributed by atoms with Gasteiger partial charge in [-0.25, -0.2) is 12.8 Å². The van der Waals surface area contributed by atoms with Gasteiger partial charge in [-0.15, -0.1) is 0 Å². The minimum atomic E-state index is -3.88. The third-order valence-electron chi connectivity index (χ3n) is 2.82. The van der Waals surface area contributed by atoms with Crippen LogP contribution in [0.25, 0.3) is 0 Å². The highest BCUT2D eigenvalue weighted by molar-refractivity contribution is 7.92. The minimum absolute atomic E-state index is 0.0180. The molecule has 2 N–H and O–H groups in total. The SMILES string of the molecule is CNCc1ccc(S(=O)(=O)Nc2ccccc2F)cc1Cl. The molecule has 0 saturated carbocycles. The topological polar surface area (TPSA) is 58.2 Å². The Kier molecular flexibility index (Phi) is 4.82. The first kappa shape index (κ1) is 15.8. The van der Waals surface area contributed by atoms with Gasteiger partial charge in [-0.3, -0.25) is 4.72 Å². The monoisotopic (exact) mass is 328 g/mol. The summed E-state index contributed by atoms with van der Waals surface area (Å²) in [5.74, 6) is -0.640. The summed E-state index contributed by atoms with van der Waals surface area (Å²) in [6.07, 6.45) is 0. The van der Waals surface area contributed by atoms with Gasteiger partial charge in [0.15, 0.2) is 0 Å². The molecule has 7 heteroatoms. The molecular formula is C14H14ClFN2O2S. The van der Waals surface area contributed by atoms with Crippen LogP contribution >= 0.6 is 11.6 Å². The molecular weight excluding hydrogens is 315 g/mol. The molecule has 0 heterocycles. The maximum atomic E-state index is 13.5. The summed E-state index contributed by atoms with van der Waals surface area (Å²) in [4.78, 5) is -0.0180. The summed E-state index contributed by atoms with van der Waals surface area (Å²) in [6.45, 7) is 0.528. The number of benzene rings is 2. The molecule has 0 aliphatic carbocycles. The second-order valence-electron chi connectivity index (χ2n) is 4.37. The number of sulfonamides is 1. The van der Waals surface area contributed by atoms with Gasteiger partial charge in [-0.05, 0) is 36.9 Å². The van der Waals surface area contributed by atoms with Gasteiger partial charge >= 0.3 is 0 Å². The van der Waals surface area contributed by atoms with Crippen molar-refractivity contribution in [1.82, 2.24) is 5.32 Å². The van der Waals surface area contributed by atoms with E-state index in [0.717, 1.165) is 5.56 Å². The molecule has 0 aliphatic rings. The number of rotatable bonds is 5. The van der Waals surface area contributed by atoms with Crippen LogP contribution in [0.1, 0.15) is 5.56 Å². The summed E-state index contributed by atoms with van der Waals surface area (Å²) in [5, 5.41) is 3.27. The van der Waals surface area contributed by atoms with E-state index in [4.69, 9.17) is 11.6 Å². The zero-order chi connectivity index (χ0) is 15.5. The van der Waals surface area contributed by atoms with E-state index in [1.54, 1.807) is 19.2 Å². The van der Waals surface area contributed by atoms with Crippen molar-refractivity contribution >= 4 is 27.3 Å². The van der Waals surface area contributed by atoms with Crippen LogP contribution in [0.2, 0.25) is 5.02 Å². The first-order chi connectivity index (χ1) is 9.94. The quantitative estimate of drug-likeness (QED) is 0.887. The van der Waals surface area contributed by atoms with E-state index in [9.17, 15) is 12.8 Å². The normalized spacial score (nSPS) is 11.4. The van der Waals surface area contributed by atoms with Crippen LogP contribution in [-0.2, 0) is 16.6 Å². The Balaban J connectivity index is 2.32. The maximum Gasteiger partial charge on any atom is 0.262 e. The molecule has 4 nitrogen and oxygen atoms in total. The summed E-state index contributed by atoms with van der Waals surface area (Å²) in [7, 11) is -2.12. The molecule has 2 rings (SSSR count). The predicted octanol–water partition coefficient (Wildman–Crippen LogP) is 3.00. The van der Waals surface area contributed by atoms with E-state index >= 15 is 0 Å². The lowest BCUT2D eigenvalue weighted by atomic mass is 10.2. The Bertz CT molecular complexity index is 750. The van der Waals surface area contributed by atoms with E-state index < -0.39 is 15.8 Å². The summed E-state index contributed by atoms with van der Waals surface area (Å²) < 4.78 is 40.2. The predicted molar refractivity (Wildman–Crippen MR) is 81.4 cm³/mol. The third kappa shape index (κ3) is 3.72.